The van der Waals surface area contributed by atoms with Gasteiger partial charge in [-0.2, -0.15) is 0 Å². The molecule has 0 aliphatic carbocycles. The van der Waals surface area contributed by atoms with Crippen molar-refractivity contribution in [1.29, 1.82) is 0 Å². The molecule has 1 aliphatic heterocycles. The van der Waals surface area contributed by atoms with Crippen LogP contribution in [0.1, 0.15) is 20.3 Å². The molecule has 0 aromatic heterocycles. The molecule has 1 aliphatic rings. The summed E-state index contributed by atoms with van der Waals surface area (Å²) in [6.45, 7) is 3.57. The summed E-state index contributed by atoms with van der Waals surface area (Å²) in [6, 6.07) is 0. The molecular formula is C8H15NO4S. The van der Waals surface area contributed by atoms with Gasteiger partial charge in [0.1, 0.15) is 0 Å². The molecule has 1 atom stereocenters. The maximum atomic E-state index is 11.3. The lowest BCUT2D eigenvalue weighted by molar-refractivity contribution is -0.140. The standard InChI is InChI=1S/C8H15NO4S/c1-6(2)13-9-8(10)7-3-4-14(11,12)5-7/h6-7H,3-5H2,1-2H3,(H,9,10). The van der Waals surface area contributed by atoms with Gasteiger partial charge in [-0.1, -0.05) is 0 Å². The van der Waals surface area contributed by atoms with Crippen LogP contribution in [-0.2, 0) is 19.5 Å². The normalized spacial score (nSPS) is 25.2. The van der Waals surface area contributed by atoms with Crippen LogP contribution in [0.4, 0.5) is 0 Å². The predicted molar refractivity (Wildman–Crippen MR) is 51.1 cm³/mol. The Bertz CT molecular complexity index is 309. The fourth-order valence-corrected chi connectivity index (χ4v) is 3.00. The summed E-state index contributed by atoms with van der Waals surface area (Å²) in [7, 11) is -3.00. The van der Waals surface area contributed by atoms with Crippen LogP contribution in [0.3, 0.4) is 0 Å². The number of hydrogen-bond donors (Lipinski definition) is 1. The zero-order valence-electron chi connectivity index (χ0n) is 8.32. The second-order valence-corrected chi connectivity index (χ2v) is 5.96. The van der Waals surface area contributed by atoms with E-state index in [1.54, 1.807) is 13.8 Å². The molecule has 1 heterocycles. The highest BCUT2D eigenvalue weighted by atomic mass is 32.2. The van der Waals surface area contributed by atoms with Gasteiger partial charge in [-0.25, -0.2) is 13.9 Å². The monoisotopic (exact) mass is 221 g/mol. The first-order chi connectivity index (χ1) is 6.41. The Hall–Kier alpha value is -0.620. The fourth-order valence-electron chi connectivity index (χ4n) is 1.26. The van der Waals surface area contributed by atoms with Gasteiger partial charge in [-0.15, -0.1) is 0 Å². The lowest BCUT2D eigenvalue weighted by Gasteiger charge is -2.11. The molecule has 0 aromatic carbocycles. The van der Waals surface area contributed by atoms with Crippen molar-refractivity contribution >= 4 is 15.7 Å². The molecule has 1 N–H and O–H groups in total. The van der Waals surface area contributed by atoms with E-state index in [9.17, 15) is 13.2 Å². The minimum absolute atomic E-state index is 0.0553. The van der Waals surface area contributed by atoms with Crippen molar-refractivity contribution in [2.24, 2.45) is 5.92 Å². The van der Waals surface area contributed by atoms with Gasteiger partial charge in [0.05, 0.1) is 23.5 Å². The summed E-state index contributed by atoms with van der Waals surface area (Å²) >= 11 is 0. The summed E-state index contributed by atoms with van der Waals surface area (Å²) in [5, 5.41) is 0. The molecule has 1 rings (SSSR count). The molecule has 0 aromatic rings. The van der Waals surface area contributed by atoms with Gasteiger partial charge in [-0.05, 0) is 20.3 Å². The van der Waals surface area contributed by atoms with Gasteiger partial charge in [0.2, 0.25) is 5.91 Å². The summed E-state index contributed by atoms with van der Waals surface area (Å²) in [6.07, 6.45) is 0.298. The molecule has 5 nitrogen and oxygen atoms in total. The van der Waals surface area contributed by atoms with Gasteiger partial charge in [0, 0.05) is 0 Å². The molecule has 1 amide bonds. The Morgan fingerprint density at radius 1 is 1.50 bits per heavy atom. The molecule has 0 bridgehead atoms. The number of rotatable bonds is 3. The first-order valence-corrected chi connectivity index (χ1v) is 6.39. The summed E-state index contributed by atoms with van der Waals surface area (Å²) < 4.78 is 22.1. The van der Waals surface area contributed by atoms with Crippen molar-refractivity contribution in [3.05, 3.63) is 0 Å². The number of hydroxylamine groups is 1. The second kappa shape index (κ2) is 4.27. The third-order valence-electron chi connectivity index (χ3n) is 2.00. The van der Waals surface area contributed by atoms with Crippen LogP contribution in [0, 0.1) is 5.92 Å². The van der Waals surface area contributed by atoms with E-state index in [0.29, 0.717) is 6.42 Å². The molecule has 1 fully saturated rings. The maximum absolute atomic E-state index is 11.3. The van der Waals surface area contributed by atoms with Crippen molar-refractivity contribution in [3.8, 4) is 0 Å². The molecule has 82 valence electrons. The zero-order chi connectivity index (χ0) is 10.8. The molecule has 0 spiro atoms. The average Bonchev–Trinajstić information content (AvgIpc) is 2.41. The van der Waals surface area contributed by atoms with E-state index in [4.69, 9.17) is 4.84 Å². The zero-order valence-corrected chi connectivity index (χ0v) is 9.13. The number of carbonyl (C=O) groups excluding carboxylic acids is 1. The van der Waals surface area contributed by atoms with E-state index in [2.05, 4.69) is 5.48 Å². The largest absolute Gasteiger partial charge is 0.272 e. The Labute approximate surface area is 83.7 Å². The van der Waals surface area contributed by atoms with Gasteiger partial charge >= 0.3 is 0 Å². The Balaban J connectivity index is 2.40. The van der Waals surface area contributed by atoms with Gasteiger partial charge in [-0.3, -0.25) is 9.63 Å². The van der Waals surface area contributed by atoms with Gasteiger partial charge in [0.25, 0.3) is 0 Å². The summed E-state index contributed by atoms with van der Waals surface area (Å²) in [5.41, 5.74) is 2.26. The van der Waals surface area contributed by atoms with Gasteiger partial charge < -0.3 is 0 Å². The van der Waals surface area contributed by atoms with Gasteiger partial charge in [0.15, 0.2) is 9.84 Å². The van der Waals surface area contributed by atoms with Crippen molar-refractivity contribution in [3.63, 3.8) is 0 Å². The van der Waals surface area contributed by atoms with Crippen LogP contribution in [0.25, 0.3) is 0 Å². The van der Waals surface area contributed by atoms with Crippen LogP contribution in [0.5, 0.6) is 0 Å². The van der Waals surface area contributed by atoms with Crippen molar-refractivity contribution in [2.45, 2.75) is 26.4 Å². The minimum Gasteiger partial charge on any atom is -0.272 e. The van der Waals surface area contributed by atoms with E-state index >= 15 is 0 Å². The average molecular weight is 221 g/mol. The van der Waals surface area contributed by atoms with E-state index < -0.39 is 15.8 Å². The van der Waals surface area contributed by atoms with Crippen LogP contribution >= 0.6 is 0 Å². The molecular weight excluding hydrogens is 206 g/mol. The van der Waals surface area contributed by atoms with E-state index in [1.165, 1.54) is 0 Å². The molecule has 0 radical (unpaired) electrons. The quantitative estimate of drug-likeness (QED) is 0.674. The number of carbonyl (C=O) groups is 1. The lowest BCUT2D eigenvalue weighted by atomic mass is 10.1. The maximum Gasteiger partial charge on any atom is 0.247 e. The first-order valence-electron chi connectivity index (χ1n) is 4.56. The lowest BCUT2D eigenvalue weighted by Crippen LogP contribution is -2.33. The topological polar surface area (TPSA) is 72.5 Å². The highest BCUT2D eigenvalue weighted by molar-refractivity contribution is 7.91. The number of nitrogens with one attached hydrogen (secondary N) is 1. The second-order valence-electron chi connectivity index (χ2n) is 3.73. The van der Waals surface area contributed by atoms with Crippen molar-refractivity contribution in [2.75, 3.05) is 11.5 Å². The highest BCUT2D eigenvalue weighted by Crippen LogP contribution is 2.18. The predicted octanol–water partition coefficient (Wildman–Crippen LogP) is -0.123. The highest BCUT2D eigenvalue weighted by Gasteiger charge is 2.33. The van der Waals surface area contributed by atoms with E-state index in [-0.39, 0.29) is 23.5 Å². The molecule has 6 heteroatoms. The van der Waals surface area contributed by atoms with Crippen molar-refractivity contribution in [1.82, 2.24) is 5.48 Å². The smallest absolute Gasteiger partial charge is 0.247 e. The molecule has 0 saturated carbocycles. The van der Waals surface area contributed by atoms with Crippen molar-refractivity contribution < 1.29 is 18.0 Å². The van der Waals surface area contributed by atoms with Crippen LogP contribution in [0.15, 0.2) is 0 Å². The minimum atomic E-state index is -3.00. The third-order valence-corrected chi connectivity index (χ3v) is 3.77. The first kappa shape index (κ1) is 11.5. The summed E-state index contributed by atoms with van der Waals surface area (Å²) in [5.74, 6) is -0.730. The van der Waals surface area contributed by atoms with E-state index in [0.717, 1.165) is 0 Å². The van der Waals surface area contributed by atoms with Crippen LogP contribution in [-0.4, -0.2) is 31.9 Å². The Morgan fingerprint density at radius 2 is 2.14 bits per heavy atom. The molecule has 1 unspecified atom stereocenters. The van der Waals surface area contributed by atoms with Crippen LogP contribution in [0.2, 0.25) is 0 Å². The summed E-state index contributed by atoms with van der Waals surface area (Å²) in [4.78, 5) is 16.2. The Morgan fingerprint density at radius 3 is 2.57 bits per heavy atom. The Kier molecular flexibility index (Phi) is 3.49. The van der Waals surface area contributed by atoms with Crippen LogP contribution < -0.4 is 5.48 Å². The number of amides is 1. The van der Waals surface area contributed by atoms with E-state index in [1.807, 2.05) is 0 Å². The third kappa shape index (κ3) is 3.26. The molecule has 14 heavy (non-hydrogen) atoms. The number of sulfone groups is 1. The SMILES string of the molecule is CC(C)ONC(=O)C1CCS(=O)(=O)C1. The fraction of sp³-hybridized carbons (Fsp3) is 0.875. The number of hydrogen-bond acceptors (Lipinski definition) is 4. The molecule has 1 saturated heterocycles.